The summed E-state index contributed by atoms with van der Waals surface area (Å²) in [5, 5.41) is 15.3. The number of aryl methyl sites for hydroxylation is 2. The summed E-state index contributed by atoms with van der Waals surface area (Å²) < 4.78 is 0. The zero-order chi connectivity index (χ0) is 13.9. The van der Waals surface area contributed by atoms with Crippen LogP contribution in [0.1, 0.15) is 37.8 Å². The molecule has 0 aliphatic heterocycles. The van der Waals surface area contributed by atoms with Crippen molar-refractivity contribution in [3.8, 4) is 0 Å². The van der Waals surface area contributed by atoms with E-state index < -0.39 is 0 Å². The molecule has 4 nitrogen and oxygen atoms in total. The van der Waals surface area contributed by atoms with Gasteiger partial charge < -0.3 is 16.3 Å². The lowest BCUT2D eigenvalue weighted by atomic mass is 9.88. The normalized spacial score (nSPS) is 15.4. The highest BCUT2D eigenvalue weighted by Gasteiger charge is 2.23. The summed E-state index contributed by atoms with van der Waals surface area (Å²) in [6.07, 6.45) is 4.50. The molecule has 0 unspecified atom stereocenters. The van der Waals surface area contributed by atoms with E-state index in [1.54, 1.807) is 0 Å². The maximum Gasteiger partial charge on any atom is 0.144 e. The van der Waals surface area contributed by atoms with Crippen molar-refractivity contribution in [2.45, 2.75) is 39.5 Å². The molecule has 104 valence electrons. The third-order valence-electron chi connectivity index (χ3n) is 3.98. The number of nitrogens with one attached hydrogen (secondary N) is 1. The smallest absolute Gasteiger partial charge is 0.144 e. The first-order chi connectivity index (χ1) is 9.03. The molecule has 4 N–H and O–H groups in total. The van der Waals surface area contributed by atoms with Crippen molar-refractivity contribution in [1.29, 1.82) is 0 Å². The van der Waals surface area contributed by atoms with Crippen LogP contribution in [-0.4, -0.2) is 17.6 Å². The van der Waals surface area contributed by atoms with Gasteiger partial charge in [0.1, 0.15) is 5.84 Å². The van der Waals surface area contributed by atoms with Crippen molar-refractivity contribution in [3.63, 3.8) is 0 Å². The van der Waals surface area contributed by atoms with Gasteiger partial charge in [-0.15, -0.1) is 0 Å². The summed E-state index contributed by atoms with van der Waals surface area (Å²) in [4.78, 5) is 0. The number of fused-ring (bicyclic) bond motifs is 1. The molecular formula is C15H23N3O. The number of nitrogens with zero attached hydrogens (tertiary/aromatic N) is 1. The first-order valence-corrected chi connectivity index (χ1v) is 6.86. The Labute approximate surface area is 114 Å². The third-order valence-corrected chi connectivity index (χ3v) is 3.98. The zero-order valence-corrected chi connectivity index (χ0v) is 11.7. The van der Waals surface area contributed by atoms with Gasteiger partial charge in [-0.1, -0.05) is 25.1 Å². The minimum atomic E-state index is -0.293. The van der Waals surface area contributed by atoms with E-state index in [-0.39, 0.29) is 11.3 Å². The van der Waals surface area contributed by atoms with E-state index in [1.165, 1.54) is 30.4 Å². The van der Waals surface area contributed by atoms with Crippen LogP contribution in [-0.2, 0) is 12.8 Å². The van der Waals surface area contributed by atoms with E-state index >= 15 is 0 Å². The van der Waals surface area contributed by atoms with Crippen molar-refractivity contribution in [1.82, 2.24) is 0 Å². The Balaban J connectivity index is 1.90. The van der Waals surface area contributed by atoms with E-state index in [0.29, 0.717) is 0 Å². The fourth-order valence-electron chi connectivity index (χ4n) is 2.46. The Morgan fingerprint density at radius 3 is 2.84 bits per heavy atom. The lowest BCUT2D eigenvalue weighted by Gasteiger charge is -2.23. The number of hydrogen-bond acceptors (Lipinski definition) is 3. The van der Waals surface area contributed by atoms with Crippen LogP contribution in [0.4, 0.5) is 5.69 Å². The molecule has 2 rings (SSSR count). The molecule has 0 heterocycles. The van der Waals surface area contributed by atoms with Crippen LogP contribution in [0.15, 0.2) is 23.4 Å². The number of benzene rings is 1. The van der Waals surface area contributed by atoms with Gasteiger partial charge in [-0.25, -0.2) is 0 Å². The Hall–Kier alpha value is -1.71. The van der Waals surface area contributed by atoms with Gasteiger partial charge in [0.2, 0.25) is 0 Å². The first kappa shape index (κ1) is 13.7. The molecule has 1 aromatic rings. The Morgan fingerprint density at radius 1 is 1.37 bits per heavy atom. The van der Waals surface area contributed by atoms with Gasteiger partial charge in [-0.05, 0) is 48.9 Å². The van der Waals surface area contributed by atoms with Gasteiger partial charge in [0, 0.05) is 17.6 Å². The van der Waals surface area contributed by atoms with Crippen molar-refractivity contribution in [2.75, 3.05) is 11.9 Å². The monoisotopic (exact) mass is 261 g/mol. The van der Waals surface area contributed by atoms with Gasteiger partial charge in [0.05, 0.1) is 0 Å². The molecule has 0 bridgehead atoms. The van der Waals surface area contributed by atoms with Crippen LogP contribution >= 0.6 is 0 Å². The fourth-order valence-corrected chi connectivity index (χ4v) is 2.46. The van der Waals surface area contributed by atoms with Crippen LogP contribution in [0.2, 0.25) is 0 Å². The second-order valence-electron chi connectivity index (χ2n) is 5.88. The van der Waals surface area contributed by atoms with E-state index in [2.05, 4.69) is 28.7 Å². The molecule has 0 radical (unpaired) electrons. The van der Waals surface area contributed by atoms with Crippen LogP contribution in [0, 0.1) is 5.41 Å². The predicted octanol–water partition coefficient (Wildman–Crippen LogP) is 2.75. The summed E-state index contributed by atoms with van der Waals surface area (Å²) in [6, 6.07) is 6.61. The van der Waals surface area contributed by atoms with Crippen LogP contribution in [0.25, 0.3) is 0 Å². The maximum absolute atomic E-state index is 8.74. The molecule has 19 heavy (non-hydrogen) atoms. The summed E-state index contributed by atoms with van der Waals surface area (Å²) in [6.45, 7) is 4.76. The molecule has 1 aliphatic rings. The summed E-state index contributed by atoms with van der Waals surface area (Å²) >= 11 is 0. The highest BCUT2D eigenvalue weighted by Crippen LogP contribution is 2.25. The molecule has 0 atom stereocenters. The predicted molar refractivity (Wildman–Crippen MR) is 78.8 cm³/mol. The Bertz CT molecular complexity index is 480. The second kappa shape index (κ2) is 5.51. The van der Waals surface area contributed by atoms with E-state index in [1.807, 2.05) is 13.8 Å². The van der Waals surface area contributed by atoms with Crippen molar-refractivity contribution < 1.29 is 5.21 Å². The number of anilines is 1. The van der Waals surface area contributed by atoms with Crippen molar-refractivity contribution in [2.24, 2.45) is 16.3 Å². The molecule has 0 saturated carbocycles. The zero-order valence-electron chi connectivity index (χ0n) is 11.7. The third kappa shape index (κ3) is 3.19. The maximum atomic E-state index is 8.74. The Kier molecular flexibility index (Phi) is 3.98. The van der Waals surface area contributed by atoms with Crippen LogP contribution < -0.4 is 11.1 Å². The SMILES string of the molecule is CC(C)(CCNc1ccc2c(c1)CCC2)C(N)=NO. The molecule has 0 spiro atoms. The van der Waals surface area contributed by atoms with Gasteiger partial charge in [-0.2, -0.15) is 0 Å². The Morgan fingerprint density at radius 2 is 2.11 bits per heavy atom. The molecule has 0 fully saturated rings. The molecule has 0 amide bonds. The van der Waals surface area contributed by atoms with Gasteiger partial charge in [0.25, 0.3) is 0 Å². The highest BCUT2D eigenvalue weighted by atomic mass is 16.4. The molecule has 0 saturated heterocycles. The first-order valence-electron chi connectivity index (χ1n) is 6.86. The summed E-state index contributed by atoms with van der Waals surface area (Å²) in [5.41, 5.74) is 9.51. The quantitative estimate of drug-likeness (QED) is 0.330. The highest BCUT2D eigenvalue weighted by molar-refractivity contribution is 5.85. The van der Waals surface area contributed by atoms with Crippen molar-refractivity contribution in [3.05, 3.63) is 29.3 Å². The number of rotatable bonds is 5. The minimum absolute atomic E-state index is 0.281. The number of oxime groups is 1. The largest absolute Gasteiger partial charge is 0.409 e. The molecule has 1 aromatic carbocycles. The second-order valence-corrected chi connectivity index (χ2v) is 5.88. The van der Waals surface area contributed by atoms with Gasteiger partial charge in [-0.3, -0.25) is 0 Å². The van der Waals surface area contributed by atoms with Gasteiger partial charge in [0.15, 0.2) is 0 Å². The molecular weight excluding hydrogens is 238 g/mol. The van der Waals surface area contributed by atoms with Crippen LogP contribution in [0.5, 0.6) is 0 Å². The summed E-state index contributed by atoms with van der Waals surface area (Å²) in [7, 11) is 0. The lowest BCUT2D eigenvalue weighted by molar-refractivity contribution is 0.306. The number of nitrogens with two attached hydrogens (primary N) is 1. The molecule has 4 heteroatoms. The van der Waals surface area contributed by atoms with E-state index in [9.17, 15) is 0 Å². The van der Waals surface area contributed by atoms with Crippen molar-refractivity contribution >= 4 is 11.5 Å². The average molecular weight is 261 g/mol. The van der Waals surface area contributed by atoms with E-state index in [4.69, 9.17) is 10.9 Å². The molecule has 1 aliphatic carbocycles. The topological polar surface area (TPSA) is 70.6 Å². The number of amidine groups is 1. The van der Waals surface area contributed by atoms with E-state index in [0.717, 1.165) is 18.7 Å². The molecule has 0 aromatic heterocycles. The standard InChI is InChI=1S/C15H23N3O/c1-15(2,14(16)18-19)8-9-17-13-7-6-11-4-3-5-12(11)10-13/h6-7,10,17,19H,3-5,8-9H2,1-2H3,(H2,16,18). The lowest BCUT2D eigenvalue weighted by Crippen LogP contribution is -2.33. The number of hydrogen-bond donors (Lipinski definition) is 3. The van der Waals surface area contributed by atoms with Crippen LogP contribution in [0.3, 0.4) is 0 Å². The average Bonchev–Trinajstić information content (AvgIpc) is 2.84. The summed E-state index contributed by atoms with van der Waals surface area (Å²) in [5.74, 6) is 0.281. The van der Waals surface area contributed by atoms with Gasteiger partial charge >= 0.3 is 0 Å². The fraction of sp³-hybridized carbons (Fsp3) is 0.533. The minimum Gasteiger partial charge on any atom is -0.409 e.